The number of hydrogen-bond acceptors (Lipinski definition) is 1. The Labute approximate surface area is 100 Å². The van der Waals surface area contributed by atoms with Crippen molar-refractivity contribution in [3.8, 4) is 0 Å². The molecule has 0 aliphatic carbocycles. The van der Waals surface area contributed by atoms with Gasteiger partial charge in [0.25, 0.3) is 0 Å². The molecule has 0 saturated carbocycles. The molecule has 0 saturated heterocycles. The van der Waals surface area contributed by atoms with Gasteiger partial charge in [-0.15, -0.1) is 23.4 Å². The minimum absolute atomic E-state index is 0.171. The van der Waals surface area contributed by atoms with Crippen LogP contribution in [0.15, 0.2) is 29.2 Å². The van der Waals surface area contributed by atoms with Gasteiger partial charge in [0.15, 0.2) is 0 Å². The summed E-state index contributed by atoms with van der Waals surface area (Å²) in [6.07, 6.45) is 2.24. The molecule has 0 radical (unpaired) electrons. The third-order valence-electron chi connectivity index (χ3n) is 2.29. The highest BCUT2D eigenvalue weighted by atomic mass is 35.5. The normalized spacial score (nSPS) is 12.7. The van der Waals surface area contributed by atoms with Crippen molar-refractivity contribution in [3.63, 3.8) is 0 Å². The monoisotopic (exact) mass is 246 g/mol. The third kappa shape index (κ3) is 5.43. The second-order valence-corrected chi connectivity index (χ2v) is 5.22. The summed E-state index contributed by atoms with van der Waals surface area (Å²) < 4.78 is 12.6. The lowest BCUT2D eigenvalue weighted by atomic mass is 10.1. The summed E-state index contributed by atoms with van der Waals surface area (Å²) >= 11 is 7.43. The molecule has 15 heavy (non-hydrogen) atoms. The summed E-state index contributed by atoms with van der Waals surface area (Å²) in [5.74, 6) is 2.32. The molecule has 3 heteroatoms. The largest absolute Gasteiger partial charge is 0.207 e. The summed E-state index contributed by atoms with van der Waals surface area (Å²) in [6, 6.07) is 6.66. The van der Waals surface area contributed by atoms with Gasteiger partial charge >= 0.3 is 0 Å². The molecule has 0 N–H and O–H groups in total. The number of rotatable bonds is 6. The molecule has 0 bridgehead atoms. The fourth-order valence-electron chi connectivity index (χ4n) is 1.24. The number of thioether (sulfide) groups is 1. The molecule has 84 valence electrons. The second kappa shape index (κ2) is 7.13. The molecular formula is C12H16ClFS. The number of hydrogen-bond donors (Lipinski definition) is 0. The molecule has 1 atom stereocenters. The van der Waals surface area contributed by atoms with Gasteiger partial charge in [0.2, 0.25) is 0 Å². The Morgan fingerprint density at radius 2 is 1.93 bits per heavy atom. The van der Waals surface area contributed by atoms with Gasteiger partial charge in [-0.1, -0.05) is 6.92 Å². The van der Waals surface area contributed by atoms with Crippen LogP contribution in [0.1, 0.15) is 19.8 Å². The van der Waals surface area contributed by atoms with Crippen molar-refractivity contribution in [2.75, 3.05) is 11.6 Å². The zero-order valence-corrected chi connectivity index (χ0v) is 10.5. The Morgan fingerprint density at radius 1 is 1.27 bits per heavy atom. The van der Waals surface area contributed by atoms with E-state index >= 15 is 0 Å². The molecule has 0 fully saturated rings. The standard InChI is InChI=1S/C12H16ClFS/c1-10(6-8-13)7-9-15-12-4-2-11(14)3-5-12/h2-5,10H,6-9H2,1H3. The lowest BCUT2D eigenvalue weighted by molar-refractivity contribution is 0.552. The van der Waals surface area contributed by atoms with E-state index in [1.807, 2.05) is 12.1 Å². The van der Waals surface area contributed by atoms with Crippen LogP contribution in [0.5, 0.6) is 0 Å². The van der Waals surface area contributed by atoms with Gasteiger partial charge in [0.1, 0.15) is 5.82 Å². The van der Waals surface area contributed by atoms with Gasteiger partial charge in [-0.2, -0.15) is 0 Å². The quantitative estimate of drug-likeness (QED) is 0.523. The van der Waals surface area contributed by atoms with Crippen molar-refractivity contribution in [1.29, 1.82) is 0 Å². The van der Waals surface area contributed by atoms with Crippen LogP contribution in [-0.4, -0.2) is 11.6 Å². The van der Waals surface area contributed by atoms with E-state index in [1.165, 1.54) is 12.1 Å². The topological polar surface area (TPSA) is 0 Å². The maximum atomic E-state index is 12.6. The van der Waals surface area contributed by atoms with Crippen molar-refractivity contribution in [3.05, 3.63) is 30.1 Å². The maximum absolute atomic E-state index is 12.6. The number of alkyl halides is 1. The van der Waals surface area contributed by atoms with Gasteiger partial charge in [-0.25, -0.2) is 4.39 Å². The molecule has 0 aliphatic heterocycles. The zero-order chi connectivity index (χ0) is 11.1. The highest BCUT2D eigenvalue weighted by Gasteiger charge is 2.01. The molecule has 1 unspecified atom stereocenters. The van der Waals surface area contributed by atoms with Crippen molar-refractivity contribution in [1.82, 2.24) is 0 Å². The molecule has 1 aromatic rings. The highest BCUT2D eigenvalue weighted by Crippen LogP contribution is 2.21. The molecule has 1 aromatic carbocycles. The van der Waals surface area contributed by atoms with Gasteiger partial charge in [-0.3, -0.25) is 0 Å². The molecule has 0 aromatic heterocycles. The van der Waals surface area contributed by atoms with Crippen LogP contribution in [0.2, 0.25) is 0 Å². The first-order valence-corrected chi connectivity index (χ1v) is 6.68. The Hall–Kier alpha value is -0.210. The first-order valence-electron chi connectivity index (χ1n) is 5.16. The average Bonchev–Trinajstić information content (AvgIpc) is 2.21. The van der Waals surface area contributed by atoms with Gasteiger partial charge in [0, 0.05) is 10.8 Å². The van der Waals surface area contributed by atoms with E-state index in [0.29, 0.717) is 5.92 Å². The SMILES string of the molecule is CC(CCCl)CCSc1ccc(F)cc1. The smallest absolute Gasteiger partial charge is 0.123 e. The second-order valence-electron chi connectivity index (χ2n) is 3.67. The van der Waals surface area contributed by atoms with Gasteiger partial charge < -0.3 is 0 Å². The third-order valence-corrected chi connectivity index (χ3v) is 3.56. The Bertz CT molecular complexity index is 273. The molecule has 0 spiro atoms. The van der Waals surface area contributed by atoms with Crippen LogP contribution in [0, 0.1) is 11.7 Å². The maximum Gasteiger partial charge on any atom is 0.123 e. The Kier molecular flexibility index (Phi) is 6.11. The van der Waals surface area contributed by atoms with Gasteiger partial charge in [0.05, 0.1) is 0 Å². The molecule has 0 heterocycles. The first-order chi connectivity index (χ1) is 7.22. The predicted molar refractivity (Wildman–Crippen MR) is 66.2 cm³/mol. The molecule has 0 amide bonds. The molecule has 0 nitrogen and oxygen atoms in total. The van der Waals surface area contributed by atoms with E-state index in [-0.39, 0.29) is 5.82 Å². The predicted octanol–water partition coefficient (Wildman–Crippen LogP) is 4.57. The van der Waals surface area contributed by atoms with E-state index in [2.05, 4.69) is 6.92 Å². The summed E-state index contributed by atoms with van der Waals surface area (Å²) in [4.78, 5) is 1.13. The molecule has 1 rings (SSSR count). The summed E-state index contributed by atoms with van der Waals surface area (Å²) in [5, 5.41) is 0. The molecule has 0 aliphatic rings. The number of benzene rings is 1. The van der Waals surface area contributed by atoms with E-state index in [4.69, 9.17) is 11.6 Å². The van der Waals surface area contributed by atoms with Crippen LogP contribution in [0.3, 0.4) is 0 Å². The summed E-state index contributed by atoms with van der Waals surface area (Å²) in [7, 11) is 0. The Balaban J connectivity index is 2.22. The number of halogens is 2. The van der Waals surface area contributed by atoms with E-state index in [9.17, 15) is 4.39 Å². The molecular weight excluding hydrogens is 231 g/mol. The minimum atomic E-state index is -0.171. The first kappa shape index (κ1) is 12.9. The zero-order valence-electron chi connectivity index (χ0n) is 8.88. The average molecular weight is 247 g/mol. The van der Waals surface area contributed by atoms with Crippen molar-refractivity contribution in [2.24, 2.45) is 5.92 Å². The van der Waals surface area contributed by atoms with E-state index in [1.54, 1.807) is 11.8 Å². The van der Waals surface area contributed by atoms with Gasteiger partial charge in [-0.05, 0) is 48.8 Å². The van der Waals surface area contributed by atoms with Crippen LogP contribution >= 0.6 is 23.4 Å². The van der Waals surface area contributed by atoms with Crippen molar-refractivity contribution in [2.45, 2.75) is 24.7 Å². The Morgan fingerprint density at radius 3 is 2.53 bits per heavy atom. The fraction of sp³-hybridized carbons (Fsp3) is 0.500. The van der Waals surface area contributed by atoms with Crippen molar-refractivity contribution < 1.29 is 4.39 Å². The lowest BCUT2D eigenvalue weighted by Crippen LogP contribution is -1.97. The minimum Gasteiger partial charge on any atom is -0.207 e. The highest BCUT2D eigenvalue weighted by molar-refractivity contribution is 7.99. The fourth-order valence-corrected chi connectivity index (χ4v) is 2.70. The van der Waals surface area contributed by atoms with Crippen molar-refractivity contribution >= 4 is 23.4 Å². The van der Waals surface area contributed by atoms with E-state index in [0.717, 1.165) is 29.4 Å². The summed E-state index contributed by atoms with van der Waals surface area (Å²) in [5.41, 5.74) is 0. The van der Waals surface area contributed by atoms with Crippen LogP contribution in [0.25, 0.3) is 0 Å². The summed E-state index contributed by atoms with van der Waals surface area (Å²) in [6.45, 7) is 2.22. The lowest BCUT2D eigenvalue weighted by Gasteiger charge is -2.08. The van der Waals surface area contributed by atoms with Crippen LogP contribution < -0.4 is 0 Å². The van der Waals surface area contributed by atoms with Crippen LogP contribution in [0.4, 0.5) is 4.39 Å². The van der Waals surface area contributed by atoms with Crippen LogP contribution in [-0.2, 0) is 0 Å². The van der Waals surface area contributed by atoms with E-state index < -0.39 is 0 Å².